The molecular formula is C22H21N7O3. The summed E-state index contributed by atoms with van der Waals surface area (Å²) in [5, 5.41) is 17.6. The highest BCUT2D eigenvalue weighted by atomic mass is 16.5. The van der Waals surface area contributed by atoms with E-state index in [1.54, 1.807) is 57.7 Å². The maximum Gasteiger partial charge on any atom is 0.259 e. The van der Waals surface area contributed by atoms with Gasteiger partial charge in [-0.3, -0.25) is 4.79 Å². The first-order valence-electron chi connectivity index (χ1n) is 9.70. The van der Waals surface area contributed by atoms with Crippen LogP contribution in [0.25, 0.3) is 5.69 Å². The van der Waals surface area contributed by atoms with Gasteiger partial charge < -0.3 is 20.1 Å². The zero-order chi connectivity index (χ0) is 22.5. The van der Waals surface area contributed by atoms with Crippen LogP contribution in [0.2, 0.25) is 0 Å². The molecule has 0 unspecified atom stereocenters. The summed E-state index contributed by atoms with van der Waals surface area (Å²) in [5.74, 6) is 1.86. The minimum absolute atomic E-state index is 0.333. The molecule has 0 radical (unpaired) electrons. The number of hydrogen-bond acceptors (Lipinski definition) is 8. The number of benzene rings is 2. The van der Waals surface area contributed by atoms with Crippen LogP contribution in [0.4, 0.5) is 17.2 Å². The Kier molecular flexibility index (Phi) is 5.93. The van der Waals surface area contributed by atoms with Crippen LogP contribution in [-0.4, -0.2) is 45.3 Å². The van der Waals surface area contributed by atoms with Gasteiger partial charge in [-0.05, 0) is 59.8 Å². The van der Waals surface area contributed by atoms with Crippen molar-refractivity contribution in [2.24, 2.45) is 0 Å². The summed E-state index contributed by atoms with van der Waals surface area (Å²) in [4.78, 5) is 17.4. The number of tetrazole rings is 1. The predicted molar refractivity (Wildman–Crippen MR) is 119 cm³/mol. The van der Waals surface area contributed by atoms with Crippen LogP contribution in [0.15, 0.2) is 60.8 Å². The molecule has 0 saturated carbocycles. The summed E-state index contributed by atoms with van der Waals surface area (Å²) in [6, 6.07) is 16.0. The third-order valence-electron chi connectivity index (χ3n) is 4.70. The molecule has 4 aromatic rings. The molecule has 2 aromatic carbocycles. The standard InChI is InChI=1S/C22H21N7O3/c1-14-26-27-28-29(14)18-13-15(10-11-20(18)32-3)24-22(30)16-7-6-12-23-21(16)25-17-8-4-5-9-19(17)31-2/h4-13H,1-3H3,(H,23,25)(H,24,30). The molecule has 162 valence electrons. The summed E-state index contributed by atoms with van der Waals surface area (Å²) in [6.45, 7) is 1.77. The van der Waals surface area contributed by atoms with Crippen LogP contribution >= 0.6 is 0 Å². The molecule has 10 nitrogen and oxygen atoms in total. The number of amides is 1. The number of carbonyl (C=O) groups excluding carboxylic acids is 1. The zero-order valence-electron chi connectivity index (χ0n) is 17.7. The number of carbonyl (C=O) groups is 1. The van der Waals surface area contributed by atoms with Crippen molar-refractivity contribution in [2.45, 2.75) is 6.92 Å². The van der Waals surface area contributed by atoms with Crippen LogP contribution in [-0.2, 0) is 0 Å². The lowest BCUT2D eigenvalue weighted by Crippen LogP contribution is -2.15. The summed E-state index contributed by atoms with van der Waals surface area (Å²) in [5.41, 5.74) is 2.22. The van der Waals surface area contributed by atoms with Crippen molar-refractivity contribution < 1.29 is 14.3 Å². The smallest absolute Gasteiger partial charge is 0.259 e. The molecule has 2 aromatic heterocycles. The van der Waals surface area contributed by atoms with Gasteiger partial charge in [-0.15, -0.1) is 5.10 Å². The number of nitrogens with one attached hydrogen (secondary N) is 2. The van der Waals surface area contributed by atoms with Gasteiger partial charge in [0.2, 0.25) is 0 Å². The third kappa shape index (κ3) is 4.19. The molecule has 0 aliphatic carbocycles. The van der Waals surface area contributed by atoms with E-state index in [-0.39, 0.29) is 5.91 Å². The second-order valence-electron chi connectivity index (χ2n) is 6.70. The normalized spacial score (nSPS) is 10.5. The van der Waals surface area contributed by atoms with Crippen molar-refractivity contribution in [3.63, 3.8) is 0 Å². The molecule has 0 aliphatic heterocycles. The van der Waals surface area contributed by atoms with Crippen LogP contribution < -0.4 is 20.1 Å². The molecule has 0 saturated heterocycles. The van der Waals surface area contributed by atoms with Crippen molar-refractivity contribution in [1.29, 1.82) is 0 Å². The van der Waals surface area contributed by atoms with Gasteiger partial charge in [0.05, 0.1) is 25.5 Å². The largest absolute Gasteiger partial charge is 0.495 e. The van der Waals surface area contributed by atoms with Gasteiger partial charge >= 0.3 is 0 Å². The lowest BCUT2D eigenvalue weighted by atomic mass is 10.2. The number of aryl methyl sites for hydroxylation is 1. The Labute approximate surface area is 184 Å². The van der Waals surface area contributed by atoms with E-state index in [1.807, 2.05) is 24.3 Å². The van der Waals surface area contributed by atoms with Crippen molar-refractivity contribution in [2.75, 3.05) is 24.9 Å². The Morgan fingerprint density at radius 1 is 1.00 bits per heavy atom. The molecular weight excluding hydrogens is 410 g/mol. The summed E-state index contributed by atoms with van der Waals surface area (Å²) < 4.78 is 12.3. The molecule has 2 heterocycles. The first-order chi connectivity index (χ1) is 15.6. The van der Waals surface area contributed by atoms with E-state index in [4.69, 9.17) is 9.47 Å². The van der Waals surface area contributed by atoms with Gasteiger partial charge in [0.15, 0.2) is 5.82 Å². The Hall–Kier alpha value is -4.47. The van der Waals surface area contributed by atoms with Crippen molar-refractivity contribution in [1.82, 2.24) is 25.2 Å². The van der Waals surface area contributed by atoms with E-state index in [9.17, 15) is 4.79 Å². The summed E-state index contributed by atoms with van der Waals surface area (Å²) in [6.07, 6.45) is 1.61. The quantitative estimate of drug-likeness (QED) is 0.457. The van der Waals surface area contributed by atoms with E-state index in [2.05, 4.69) is 31.1 Å². The highest BCUT2D eigenvalue weighted by Gasteiger charge is 2.16. The molecule has 0 bridgehead atoms. The van der Waals surface area contributed by atoms with Gasteiger partial charge in [0, 0.05) is 11.9 Å². The third-order valence-corrected chi connectivity index (χ3v) is 4.70. The van der Waals surface area contributed by atoms with Gasteiger partial charge in [0.25, 0.3) is 5.91 Å². The van der Waals surface area contributed by atoms with E-state index in [0.717, 1.165) is 0 Å². The average molecular weight is 431 g/mol. The number of hydrogen-bond donors (Lipinski definition) is 2. The Bertz CT molecular complexity index is 1260. The number of rotatable bonds is 7. The van der Waals surface area contributed by atoms with Gasteiger partial charge in [0.1, 0.15) is 23.0 Å². The molecule has 0 aliphatic rings. The van der Waals surface area contributed by atoms with E-state index in [0.29, 0.717) is 45.8 Å². The SMILES string of the molecule is COc1ccccc1Nc1ncccc1C(=O)Nc1ccc(OC)c(-n2nnnc2C)c1. The fourth-order valence-corrected chi connectivity index (χ4v) is 3.15. The van der Waals surface area contributed by atoms with Crippen LogP contribution in [0, 0.1) is 6.92 Å². The molecule has 10 heteroatoms. The molecule has 32 heavy (non-hydrogen) atoms. The first-order valence-corrected chi connectivity index (χ1v) is 9.70. The fraction of sp³-hybridized carbons (Fsp3) is 0.136. The van der Waals surface area contributed by atoms with Crippen molar-refractivity contribution in [3.8, 4) is 17.2 Å². The minimum atomic E-state index is -0.333. The monoisotopic (exact) mass is 431 g/mol. The Balaban J connectivity index is 1.62. The molecule has 0 atom stereocenters. The van der Waals surface area contributed by atoms with Crippen molar-refractivity contribution in [3.05, 3.63) is 72.2 Å². The maximum atomic E-state index is 13.1. The number of pyridine rings is 1. The van der Waals surface area contributed by atoms with E-state index < -0.39 is 0 Å². The average Bonchev–Trinajstić information content (AvgIpc) is 3.25. The Morgan fingerprint density at radius 3 is 2.56 bits per heavy atom. The number of aromatic nitrogens is 5. The van der Waals surface area contributed by atoms with Crippen molar-refractivity contribution >= 4 is 23.1 Å². The number of methoxy groups -OCH3 is 2. The highest BCUT2D eigenvalue weighted by Crippen LogP contribution is 2.29. The fourth-order valence-electron chi connectivity index (χ4n) is 3.15. The topological polar surface area (TPSA) is 116 Å². The highest BCUT2D eigenvalue weighted by molar-refractivity contribution is 6.08. The zero-order valence-corrected chi connectivity index (χ0v) is 17.7. The molecule has 4 rings (SSSR count). The summed E-state index contributed by atoms with van der Waals surface area (Å²) in [7, 11) is 3.14. The van der Waals surface area contributed by atoms with Gasteiger partial charge in [-0.2, -0.15) is 4.68 Å². The minimum Gasteiger partial charge on any atom is -0.495 e. The molecule has 1 amide bonds. The van der Waals surface area contributed by atoms with Crippen LogP contribution in [0.5, 0.6) is 11.5 Å². The summed E-state index contributed by atoms with van der Waals surface area (Å²) >= 11 is 0. The maximum absolute atomic E-state index is 13.1. The first kappa shape index (κ1) is 20.8. The van der Waals surface area contributed by atoms with Crippen LogP contribution in [0.1, 0.15) is 16.2 Å². The molecule has 0 fully saturated rings. The van der Waals surface area contributed by atoms with E-state index >= 15 is 0 Å². The van der Waals surface area contributed by atoms with Gasteiger partial charge in [-0.25, -0.2) is 4.98 Å². The second-order valence-corrected chi connectivity index (χ2v) is 6.70. The molecule has 2 N–H and O–H groups in total. The molecule has 0 spiro atoms. The van der Waals surface area contributed by atoms with Gasteiger partial charge in [-0.1, -0.05) is 12.1 Å². The predicted octanol–water partition coefficient (Wildman–Crippen LogP) is 3.38. The van der Waals surface area contributed by atoms with E-state index in [1.165, 1.54) is 4.68 Å². The Morgan fingerprint density at radius 2 is 1.81 bits per heavy atom. The lowest BCUT2D eigenvalue weighted by molar-refractivity contribution is 0.102. The number of ether oxygens (including phenoxy) is 2. The second kappa shape index (κ2) is 9.13. The van der Waals surface area contributed by atoms with Crippen LogP contribution in [0.3, 0.4) is 0 Å². The number of nitrogens with zero attached hydrogens (tertiary/aromatic N) is 5. The number of anilines is 3. The lowest BCUT2D eigenvalue weighted by Gasteiger charge is -2.14. The number of para-hydroxylation sites is 2.